The zero-order valence-corrected chi connectivity index (χ0v) is 22.1. The monoisotopic (exact) mass is 589 g/mol. The van der Waals surface area contributed by atoms with Crippen LogP contribution in [-0.4, -0.2) is 67.0 Å². The SMILES string of the molecule is C[C@H](O)C(=O)N1CCO[C@@H](c2nc(-c3ccc(C(=O)Nc4cc(C(F)(F)F)ccn4)cc3)c3c(N)ncc(Cl)n23)C1. The van der Waals surface area contributed by atoms with Gasteiger partial charge in [0.05, 0.1) is 24.9 Å². The zero-order chi connectivity index (χ0) is 29.5. The van der Waals surface area contributed by atoms with Gasteiger partial charge in [0.2, 0.25) is 0 Å². The number of hydrogen-bond donors (Lipinski definition) is 3. The zero-order valence-electron chi connectivity index (χ0n) is 21.4. The molecule has 4 heterocycles. The first-order chi connectivity index (χ1) is 19.4. The number of morpholine rings is 1. The number of aliphatic hydroxyl groups excluding tert-OH is 1. The third-order valence-corrected chi connectivity index (χ3v) is 6.71. The van der Waals surface area contributed by atoms with Crippen molar-refractivity contribution in [2.24, 2.45) is 0 Å². The number of nitrogens with one attached hydrogen (secondary N) is 1. The molecule has 0 saturated carbocycles. The molecular weight excluding hydrogens is 567 g/mol. The minimum absolute atomic E-state index is 0.115. The number of carbonyl (C=O) groups excluding carboxylic acids is 2. The molecule has 1 saturated heterocycles. The van der Waals surface area contributed by atoms with Crippen LogP contribution in [0.5, 0.6) is 0 Å². The van der Waals surface area contributed by atoms with E-state index in [-0.39, 0.29) is 35.5 Å². The predicted octanol–water partition coefficient (Wildman–Crippen LogP) is 3.58. The van der Waals surface area contributed by atoms with Gasteiger partial charge in [0, 0.05) is 23.9 Å². The number of anilines is 2. The lowest BCUT2D eigenvalue weighted by molar-refractivity contribution is -0.147. The van der Waals surface area contributed by atoms with Gasteiger partial charge in [-0.15, -0.1) is 0 Å². The Hall–Kier alpha value is -4.27. The summed E-state index contributed by atoms with van der Waals surface area (Å²) in [5, 5.41) is 12.3. The standard InChI is InChI=1S/C26H23ClF3N7O4/c1-13(38)25(40)36-8-9-41-17(12-36)23-35-20(21-22(31)33-11-18(27)37(21)23)14-2-4-15(5-3-14)24(39)34-19-10-16(6-7-32-19)26(28,29)30/h2-7,10-11,13,17,38H,8-9,12H2,1H3,(H2,31,33)(H,32,34,39)/t13-,17+/m0/s1. The number of amides is 2. The molecule has 1 aromatic carbocycles. The topological polar surface area (TPSA) is 148 Å². The van der Waals surface area contributed by atoms with Crippen LogP contribution in [-0.2, 0) is 15.7 Å². The average Bonchev–Trinajstić information content (AvgIpc) is 3.36. The Morgan fingerprint density at radius 1 is 1.22 bits per heavy atom. The number of aliphatic hydroxyl groups is 1. The Morgan fingerprint density at radius 3 is 2.63 bits per heavy atom. The van der Waals surface area contributed by atoms with Crippen LogP contribution in [0.3, 0.4) is 0 Å². The van der Waals surface area contributed by atoms with E-state index < -0.39 is 35.8 Å². The van der Waals surface area contributed by atoms with Gasteiger partial charge < -0.3 is 25.8 Å². The highest BCUT2D eigenvalue weighted by Crippen LogP contribution is 2.35. The van der Waals surface area contributed by atoms with Gasteiger partial charge in [0.25, 0.3) is 11.8 Å². The molecule has 2 amide bonds. The Morgan fingerprint density at radius 2 is 1.95 bits per heavy atom. The largest absolute Gasteiger partial charge is 0.416 e. The van der Waals surface area contributed by atoms with Crippen molar-refractivity contribution in [1.29, 1.82) is 0 Å². The molecule has 4 aromatic rings. The highest BCUT2D eigenvalue weighted by molar-refractivity contribution is 6.30. The quantitative estimate of drug-likeness (QED) is 0.320. The van der Waals surface area contributed by atoms with Gasteiger partial charge >= 0.3 is 6.18 Å². The van der Waals surface area contributed by atoms with Crippen LogP contribution in [0, 0.1) is 0 Å². The van der Waals surface area contributed by atoms with Gasteiger partial charge in [0.15, 0.2) is 0 Å². The van der Waals surface area contributed by atoms with E-state index >= 15 is 0 Å². The fourth-order valence-electron chi connectivity index (χ4n) is 4.46. The van der Waals surface area contributed by atoms with Gasteiger partial charge in [-0.2, -0.15) is 13.2 Å². The summed E-state index contributed by atoms with van der Waals surface area (Å²) >= 11 is 6.49. The number of carbonyl (C=O) groups is 2. The smallest absolute Gasteiger partial charge is 0.384 e. The number of nitrogens with zero attached hydrogens (tertiary/aromatic N) is 5. The third kappa shape index (κ3) is 5.66. The third-order valence-electron chi connectivity index (χ3n) is 6.44. The van der Waals surface area contributed by atoms with Crippen molar-refractivity contribution in [1.82, 2.24) is 24.3 Å². The van der Waals surface area contributed by atoms with Crippen molar-refractivity contribution in [2.75, 3.05) is 30.7 Å². The van der Waals surface area contributed by atoms with Crippen LogP contribution in [0.4, 0.5) is 24.8 Å². The van der Waals surface area contributed by atoms with Crippen LogP contribution in [0.2, 0.25) is 5.15 Å². The van der Waals surface area contributed by atoms with E-state index in [1.165, 1.54) is 30.2 Å². The molecule has 2 atom stereocenters. The Kier molecular flexibility index (Phi) is 7.55. The number of hydrogen-bond acceptors (Lipinski definition) is 8. The first kappa shape index (κ1) is 28.3. The van der Waals surface area contributed by atoms with Crippen molar-refractivity contribution < 1.29 is 32.6 Å². The Bertz CT molecular complexity index is 1630. The first-order valence-corrected chi connectivity index (χ1v) is 12.7. The average molecular weight is 590 g/mol. The maximum atomic E-state index is 13.0. The van der Waals surface area contributed by atoms with E-state index in [9.17, 15) is 27.9 Å². The van der Waals surface area contributed by atoms with Crippen LogP contribution < -0.4 is 11.1 Å². The minimum atomic E-state index is -4.58. The summed E-state index contributed by atoms with van der Waals surface area (Å²) in [6, 6.07) is 7.67. The van der Waals surface area contributed by atoms with Crippen LogP contribution in [0.15, 0.2) is 48.8 Å². The molecule has 0 radical (unpaired) electrons. The van der Waals surface area contributed by atoms with E-state index in [0.29, 0.717) is 29.1 Å². The van der Waals surface area contributed by atoms with Crippen LogP contribution in [0.25, 0.3) is 16.8 Å². The van der Waals surface area contributed by atoms with Crippen molar-refractivity contribution in [3.8, 4) is 11.3 Å². The van der Waals surface area contributed by atoms with Gasteiger partial charge in [-0.3, -0.25) is 14.0 Å². The molecule has 15 heteroatoms. The normalized spacial score (nSPS) is 16.5. The Balaban J connectivity index is 1.46. The highest BCUT2D eigenvalue weighted by Gasteiger charge is 2.33. The maximum absolute atomic E-state index is 13.0. The van der Waals surface area contributed by atoms with Crippen molar-refractivity contribution in [2.45, 2.75) is 25.3 Å². The lowest BCUT2D eigenvalue weighted by Crippen LogP contribution is -2.46. The van der Waals surface area contributed by atoms with E-state index in [2.05, 4.69) is 15.3 Å². The molecule has 3 aromatic heterocycles. The number of rotatable bonds is 5. The summed E-state index contributed by atoms with van der Waals surface area (Å²) in [4.78, 5) is 39.2. The van der Waals surface area contributed by atoms with E-state index in [1.54, 1.807) is 16.5 Å². The molecule has 5 rings (SSSR count). The molecule has 11 nitrogen and oxygen atoms in total. The predicted molar refractivity (Wildman–Crippen MR) is 142 cm³/mol. The number of ether oxygens (including phenoxy) is 1. The summed E-state index contributed by atoms with van der Waals surface area (Å²) in [6.07, 6.45) is -4.14. The minimum Gasteiger partial charge on any atom is -0.384 e. The number of benzene rings is 1. The number of nitrogen functional groups attached to an aromatic ring is 1. The van der Waals surface area contributed by atoms with Gasteiger partial charge in [-0.05, 0) is 31.2 Å². The number of alkyl halides is 3. The van der Waals surface area contributed by atoms with E-state index in [4.69, 9.17) is 27.1 Å². The van der Waals surface area contributed by atoms with Crippen molar-refractivity contribution in [3.05, 3.63) is 70.9 Å². The molecule has 41 heavy (non-hydrogen) atoms. The molecule has 0 aliphatic carbocycles. The number of imidazole rings is 1. The van der Waals surface area contributed by atoms with Crippen molar-refractivity contribution in [3.63, 3.8) is 0 Å². The maximum Gasteiger partial charge on any atom is 0.416 e. The number of nitrogens with two attached hydrogens (primary N) is 1. The lowest BCUT2D eigenvalue weighted by atomic mass is 10.1. The van der Waals surface area contributed by atoms with Crippen molar-refractivity contribution >= 4 is 40.6 Å². The molecule has 4 N–H and O–H groups in total. The molecule has 0 spiro atoms. The number of halogens is 4. The summed E-state index contributed by atoms with van der Waals surface area (Å²) < 4.78 is 46.5. The fourth-order valence-corrected chi connectivity index (χ4v) is 4.68. The first-order valence-electron chi connectivity index (χ1n) is 12.3. The summed E-state index contributed by atoms with van der Waals surface area (Å²) in [5.41, 5.74) is 6.71. The fraction of sp³-hybridized carbons (Fsp3) is 0.269. The number of aromatic nitrogens is 4. The molecule has 1 aliphatic rings. The summed E-state index contributed by atoms with van der Waals surface area (Å²) in [7, 11) is 0. The second-order valence-corrected chi connectivity index (χ2v) is 9.63. The molecular formula is C26H23ClF3N7O4. The van der Waals surface area contributed by atoms with E-state index in [1.807, 2.05) is 0 Å². The van der Waals surface area contributed by atoms with E-state index in [0.717, 1.165) is 18.3 Å². The summed E-state index contributed by atoms with van der Waals surface area (Å²) in [6.45, 7) is 2.01. The second-order valence-electron chi connectivity index (χ2n) is 9.25. The molecule has 214 valence electrons. The Labute approximate surface area is 235 Å². The second kappa shape index (κ2) is 11.0. The van der Waals surface area contributed by atoms with Gasteiger partial charge in [0.1, 0.15) is 46.0 Å². The van der Waals surface area contributed by atoms with Crippen LogP contribution in [0.1, 0.15) is 34.8 Å². The number of fused-ring (bicyclic) bond motifs is 1. The summed E-state index contributed by atoms with van der Waals surface area (Å²) in [5.74, 6) is -0.881. The molecule has 1 fully saturated rings. The molecule has 1 aliphatic heterocycles. The van der Waals surface area contributed by atoms with Gasteiger partial charge in [-0.1, -0.05) is 23.7 Å². The molecule has 0 unspecified atom stereocenters. The lowest BCUT2D eigenvalue weighted by Gasteiger charge is -2.33. The molecule has 0 bridgehead atoms. The number of pyridine rings is 1. The highest BCUT2D eigenvalue weighted by atomic mass is 35.5. The van der Waals surface area contributed by atoms with Crippen LogP contribution >= 0.6 is 11.6 Å². The van der Waals surface area contributed by atoms with Gasteiger partial charge in [-0.25, -0.2) is 15.0 Å².